The van der Waals surface area contributed by atoms with Gasteiger partial charge in [0.15, 0.2) is 5.75 Å². The number of aliphatic hydroxyl groups excluding tert-OH is 1. The molecule has 1 aromatic carbocycles. The largest absolute Gasteiger partial charge is 0.492 e. The first-order valence-corrected chi connectivity index (χ1v) is 7.73. The highest BCUT2D eigenvalue weighted by molar-refractivity contribution is 5.65. The minimum atomic E-state index is -0.661. The van der Waals surface area contributed by atoms with Gasteiger partial charge in [-0.1, -0.05) is 6.07 Å². The van der Waals surface area contributed by atoms with E-state index in [0.717, 1.165) is 0 Å². The number of nitrogen functional groups attached to an aromatic ring is 1. The van der Waals surface area contributed by atoms with Crippen LogP contribution in [-0.4, -0.2) is 35.8 Å². The van der Waals surface area contributed by atoms with E-state index in [1.807, 2.05) is 0 Å². The lowest BCUT2D eigenvalue weighted by atomic mass is 10.1. The topological polar surface area (TPSA) is 116 Å². The van der Waals surface area contributed by atoms with Gasteiger partial charge in [0.1, 0.15) is 18.2 Å². The SMILES string of the molecule is CC(=O)OOc1ccc(OCCNC[C@H](O)c2ccc(N)nc2)cc1. The summed E-state index contributed by atoms with van der Waals surface area (Å²) < 4.78 is 5.55. The number of carbonyl (C=O) groups excluding carboxylic acids is 1. The minimum absolute atomic E-state index is 0.379. The summed E-state index contributed by atoms with van der Waals surface area (Å²) in [7, 11) is 0. The van der Waals surface area contributed by atoms with Crippen LogP contribution in [0.25, 0.3) is 0 Å². The van der Waals surface area contributed by atoms with Gasteiger partial charge in [0.05, 0.1) is 6.10 Å². The summed E-state index contributed by atoms with van der Waals surface area (Å²) >= 11 is 0. The predicted octanol–water partition coefficient (Wildman–Crippen LogP) is 1.22. The molecule has 0 amide bonds. The molecule has 0 radical (unpaired) electrons. The molecule has 1 aromatic heterocycles. The molecule has 1 heterocycles. The quantitative estimate of drug-likeness (QED) is 0.352. The standard InChI is InChI=1S/C17H21N3O5/c1-12(21)24-25-15-5-3-14(4-6-15)23-9-8-19-11-16(22)13-2-7-17(18)20-10-13/h2-7,10,16,19,22H,8-9,11H2,1H3,(H2,18,20)/t16-/m0/s1. The summed E-state index contributed by atoms with van der Waals surface area (Å²) in [5, 5.41) is 13.1. The van der Waals surface area contributed by atoms with Gasteiger partial charge in [0.25, 0.3) is 0 Å². The lowest BCUT2D eigenvalue weighted by molar-refractivity contribution is -0.210. The Labute approximate surface area is 145 Å². The van der Waals surface area contributed by atoms with E-state index in [0.29, 0.717) is 42.6 Å². The fraction of sp³-hybridized carbons (Fsp3) is 0.294. The molecule has 2 aromatic rings. The molecule has 0 saturated carbocycles. The first-order chi connectivity index (χ1) is 12.0. The van der Waals surface area contributed by atoms with Crippen molar-refractivity contribution in [2.45, 2.75) is 13.0 Å². The second-order valence-corrected chi connectivity index (χ2v) is 5.21. The molecule has 4 N–H and O–H groups in total. The van der Waals surface area contributed by atoms with Gasteiger partial charge in [-0.15, -0.1) is 0 Å². The van der Waals surface area contributed by atoms with Gasteiger partial charge in [0.2, 0.25) is 0 Å². The van der Waals surface area contributed by atoms with Gasteiger partial charge in [-0.2, -0.15) is 0 Å². The minimum Gasteiger partial charge on any atom is -0.492 e. The van der Waals surface area contributed by atoms with Gasteiger partial charge in [0, 0.05) is 31.8 Å². The Morgan fingerprint density at radius 2 is 1.96 bits per heavy atom. The van der Waals surface area contributed by atoms with E-state index < -0.39 is 12.1 Å². The smallest absolute Gasteiger partial charge is 0.352 e. The van der Waals surface area contributed by atoms with E-state index in [4.69, 9.17) is 15.4 Å². The maximum Gasteiger partial charge on any atom is 0.352 e. The second-order valence-electron chi connectivity index (χ2n) is 5.21. The van der Waals surface area contributed by atoms with E-state index in [1.54, 1.807) is 42.6 Å². The van der Waals surface area contributed by atoms with Crippen molar-refractivity contribution >= 4 is 11.8 Å². The molecule has 25 heavy (non-hydrogen) atoms. The highest BCUT2D eigenvalue weighted by atomic mass is 17.2. The van der Waals surface area contributed by atoms with Gasteiger partial charge < -0.3 is 20.9 Å². The number of nitrogens with two attached hydrogens (primary N) is 1. The second kappa shape index (κ2) is 9.45. The van der Waals surface area contributed by atoms with Gasteiger partial charge in [-0.25, -0.2) is 9.78 Å². The lowest BCUT2D eigenvalue weighted by Crippen LogP contribution is -2.26. The molecule has 8 heteroatoms. The number of pyridine rings is 1. The van der Waals surface area contributed by atoms with Crippen molar-refractivity contribution in [3.63, 3.8) is 0 Å². The molecule has 0 saturated heterocycles. The van der Waals surface area contributed by atoms with Crippen molar-refractivity contribution in [1.82, 2.24) is 10.3 Å². The molecule has 2 rings (SSSR count). The van der Waals surface area contributed by atoms with Gasteiger partial charge in [-0.3, -0.25) is 9.78 Å². The van der Waals surface area contributed by atoms with Crippen molar-refractivity contribution in [2.24, 2.45) is 0 Å². The molecule has 8 nitrogen and oxygen atoms in total. The zero-order valence-corrected chi connectivity index (χ0v) is 13.8. The van der Waals surface area contributed by atoms with Gasteiger partial charge in [-0.05, 0) is 30.3 Å². The summed E-state index contributed by atoms with van der Waals surface area (Å²) in [6.45, 7) is 2.62. The number of anilines is 1. The van der Waals surface area contributed by atoms with Crippen LogP contribution >= 0.6 is 0 Å². The van der Waals surface area contributed by atoms with Crippen molar-refractivity contribution in [3.8, 4) is 11.5 Å². The van der Waals surface area contributed by atoms with Crippen LogP contribution in [0, 0.1) is 0 Å². The first kappa shape index (κ1) is 18.5. The van der Waals surface area contributed by atoms with Crippen LogP contribution in [0.4, 0.5) is 5.82 Å². The first-order valence-electron chi connectivity index (χ1n) is 7.73. The van der Waals surface area contributed by atoms with E-state index in [1.165, 1.54) is 6.92 Å². The maximum atomic E-state index is 10.6. The van der Waals surface area contributed by atoms with Crippen molar-refractivity contribution in [1.29, 1.82) is 0 Å². The maximum absolute atomic E-state index is 10.6. The third-order valence-electron chi connectivity index (χ3n) is 3.16. The summed E-state index contributed by atoms with van der Waals surface area (Å²) in [6, 6.07) is 10.1. The summed E-state index contributed by atoms with van der Waals surface area (Å²) in [6.07, 6.45) is 0.892. The Kier molecular flexibility index (Phi) is 7.00. The molecule has 0 spiro atoms. The number of nitrogens with zero attached hydrogens (tertiary/aromatic N) is 1. The number of benzene rings is 1. The Morgan fingerprint density at radius 3 is 2.60 bits per heavy atom. The fourth-order valence-electron chi connectivity index (χ4n) is 1.91. The zero-order chi connectivity index (χ0) is 18.1. The van der Waals surface area contributed by atoms with Crippen LogP contribution in [-0.2, 0) is 9.68 Å². The average molecular weight is 347 g/mol. The third-order valence-corrected chi connectivity index (χ3v) is 3.16. The highest BCUT2D eigenvalue weighted by Crippen LogP contribution is 2.17. The number of carbonyl (C=O) groups is 1. The number of aliphatic hydroxyl groups is 1. The summed E-state index contributed by atoms with van der Waals surface area (Å²) in [5.41, 5.74) is 6.21. The van der Waals surface area contributed by atoms with Gasteiger partial charge >= 0.3 is 5.97 Å². The number of aromatic nitrogens is 1. The number of hydrogen-bond acceptors (Lipinski definition) is 8. The third kappa shape index (κ3) is 6.66. The Balaban J connectivity index is 1.64. The molecular weight excluding hydrogens is 326 g/mol. The molecule has 0 aliphatic heterocycles. The molecule has 1 atom stereocenters. The van der Waals surface area contributed by atoms with Crippen LogP contribution in [0.3, 0.4) is 0 Å². The van der Waals surface area contributed by atoms with Crippen molar-refractivity contribution in [3.05, 3.63) is 48.2 Å². The van der Waals surface area contributed by atoms with E-state index in [-0.39, 0.29) is 0 Å². The number of nitrogens with one attached hydrogen (secondary N) is 1. The van der Waals surface area contributed by atoms with E-state index in [2.05, 4.69) is 15.2 Å². The normalized spacial score (nSPS) is 11.6. The molecule has 134 valence electrons. The molecule has 0 bridgehead atoms. The fourth-order valence-corrected chi connectivity index (χ4v) is 1.91. The monoisotopic (exact) mass is 347 g/mol. The predicted molar refractivity (Wildman–Crippen MR) is 90.8 cm³/mol. The lowest BCUT2D eigenvalue weighted by Gasteiger charge is -2.12. The van der Waals surface area contributed by atoms with Crippen LogP contribution < -0.4 is 20.7 Å². The number of ether oxygens (including phenoxy) is 1. The molecule has 0 aliphatic carbocycles. The van der Waals surface area contributed by atoms with Crippen LogP contribution in [0.2, 0.25) is 0 Å². The Hall–Kier alpha value is -2.84. The van der Waals surface area contributed by atoms with E-state index in [9.17, 15) is 9.90 Å². The molecule has 0 unspecified atom stereocenters. The molecular formula is C17H21N3O5. The highest BCUT2D eigenvalue weighted by Gasteiger charge is 2.07. The molecule has 0 fully saturated rings. The Morgan fingerprint density at radius 1 is 1.24 bits per heavy atom. The summed E-state index contributed by atoms with van der Waals surface area (Å²) in [5.74, 6) is 0.950. The summed E-state index contributed by atoms with van der Waals surface area (Å²) in [4.78, 5) is 23.8. The van der Waals surface area contributed by atoms with Crippen LogP contribution in [0.1, 0.15) is 18.6 Å². The van der Waals surface area contributed by atoms with Crippen molar-refractivity contribution in [2.75, 3.05) is 25.4 Å². The zero-order valence-electron chi connectivity index (χ0n) is 13.8. The van der Waals surface area contributed by atoms with Crippen LogP contribution in [0.15, 0.2) is 42.6 Å². The van der Waals surface area contributed by atoms with E-state index >= 15 is 0 Å². The Bertz CT molecular complexity index is 661. The van der Waals surface area contributed by atoms with Crippen molar-refractivity contribution < 1.29 is 24.4 Å². The number of hydrogen-bond donors (Lipinski definition) is 3. The number of rotatable bonds is 9. The molecule has 0 aliphatic rings. The van der Waals surface area contributed by atoms with Crippen LogP contribution in [0.5, 0.6) is 11.5 Å². The average Bonchev–Trinajstić information content (AvgIpc) is 2.61.